The highest BCUT2D eigenvalue weighted by Gasteiger charge is 2.42. The number of hydrogen-bond donors (Lipinski definition) is 1. The molecular weight excluding hydrogens is 250 g/mol. The number of piperidine rings is 1. The normalized spacial score (nSPS) is 30.6. The van der Waals surface area contributed by atoms with Gasteiger partial charge in [0, 0.05) is 24.3 Å². The molecule has 2 N–H and O–H groups in total. The summed E-state index contributed by atoms with van der Waals surface area (Å²) in [6.07, 6.45) is 5.48. The summed E-state index contributed by atoms with van der Waals surface area (Å²) in [4.78, 5) is 18.6. The van der Waals surface area contributed by atoms with Crippen LogP contribution < -0.4 is 5.73 Å². The second kappa shape index (κ2) is 4.52. The first kappa shape index (κ1) is 11.9. The van der Waals surface area contributed by atoms with Crippen molar-refractivity contribution in [3.05, 3.63) is 29.0 Å². The predicted molar refractivity (Wildman–Crippen MR) is 69.4 cm³/mol. The standard InChI is InChI=1S/C13H16ClN3O/c14-8-1-4-12(16-7-8)13(18)17-10-2-3-11(17)6-9(15)5-10/h1,4,7,9-11H,2-3,5-6,15H2. The van der Waals surface area contributed by atoms with Crippen molar-refractivity contribution in [3.8, 4) is 0 Å². The summed E-state index contributed by atoms with van der Waals surface area (Å²) in [6.45, 7) is 0. The molecule has 1 aromatic rings. The quantitative estimate of drug-likeness (QED) is 0.843. The lowest BCUT2D eigenvalue weighted by Gasteiger charge is -2.37. The van der Waals surface area contributed by atoms with Crippen molar-refractivity contribution in [3.63, 3.8) is 0 Å². The van der Waals surface area contributed by atoms with Crippen LogP contribution >= 0.6 is 11.6 Å². The fraction of sp³-hybridized carbons (Fsp3) is 0.538. The van der Waals surface area contributed by atoms with E-state index in [0.29, 0.717) is 22.8 Å². The molecule has 2 aliphatic rings. The number of nitrogens with zero attached hydrogens (tertiary/aromatic N) is 2. The molecule has 96 valence electrons. The highest BCUT2D eigenvalue weighted by atomic mass is 35.5. The first-order valence-electron chi connectivity index (χ1n) is 6.35. The monoisotopic (exact) mass is 265 g/mol. The van der Waals surface area contributed by atoms with Gasteiger partial charge in [0.15, 0.2) is 0 Å². The summed E-state index contributed by atoms with van der Waals surface area (Å²) in [7, 11) is 0. The second-order valence-corrected chi connectivity index (χ2v) is 5.63. The van der Waals surface area contributed by atoms with Crippen LogP contribution in [0.3, 0.4) is 0 Å². The third-order valence-corrected chi connectivity index (χ3v) is 4.17. The van der Waals surface area contributed by atoms with E-state index in [0.717, 1.165) is 25.7 Å². The number of pyridine rings is 1. The van der Waals surface area contributed by atoms with Crippen molar-refractivity contribution in [2.75, 3.05) is 0 Å². The van der Waals surface area contributed by atoms with E-state index in [-0.39, 0.29) is 11.9 Å². The molecule has 0 saturated carbocycles. The van der Waals surface area contributed by atoms with E-state index < -0.39 is 0 Å². The smallest absolute Gasteiger partial charge is 0.272 e. The highest BCUT2D eigenvalue weighted by Crippen LogP contribution is 2.35. The van der Waals surface area contributed by atoms with Crippen LogP contribution in [0.4, 0.5) is 0 Å². The first-order chi connectivity index (χ1) is 8.65. The van der Waals surface area contributed by atoms with Crippen molar-refractivity contribution in [1.29, 1.82) is 0 Å². The molecule has 1 aromatic heterocycles. The number of nitrogens with two attached hydrogens (primary N) is 1. The lowest BCUT2D eigenvalue weighted by Crippen LogP contribution is -2.50. The topological polar surface area (TPSA) is 59.2 Å². The number of amides is 1. The molecule has 5 heteroatoms. The van der Waals surface area contributed by atoms with Crippen molar-refractivity contribution in [1.82, 2.24) is 9.88 Å². The van der Waals surface area contributed by atoms with Gasteiger partial charge in [-0.15, -0.1) is 0 Å². The van der Waals surface area contributed by atoms with Gasteiger partial charge >= 0.3 is 0 Å². The van der Waals surface area contributed by atoms with Gasteiger partial charge in [-0.2, -0.15) is 0 Å². The van der Waals surface area contributed by atoms with Crippen molar-refractivity contribution in [2.45, 2.75) is 43.8 Å². The van der Waals surface area contributed by atoms with Gasteiger partial charge in [-0.1, -0.05) is 11.6 Å². The lowest BCUT2D eigenvalue weighted by atomic mass is 9.98. The molecule has 4 nitrogen and oxygen atoms in total. The minimum atomic E-state index is 0.0195. The summed E-state index contributed by atoms with van der Waals surface area (Å²) in [5, 5.41) is 0.551. The molecular formula is C13H16ClN3O. The number of carbonyl (C=O) groups excluding carboxylic acids is 1. The molecule has 18 heavy (non-hydrogen) atoms. The Morgan fingerprint density at radius 2 is 2.00 bits per heavy atom. The maximum absolute atomic E-state index is 12.5. The van der Waals surface area contributed by atoms with Crippen LogP contribution in [0.5, 0.6) is 0 Å². The Morgan fingerprint density at radius 1 is 1.33 bits per heavy atom. The van der Waals surface area contributed by atoms with Crippen LogP contribution in [0, 0.1) is 0 Å². The Kier molecular flexibility index (Phi) is 2.99. The van der Waals surface area contributed by atoms with Gasteiger partial charge < -0.3 is 10.6 Å². The van der Waals surface area contributed by atoms with E-state index in [1.807, 2.05) is 4.90 Å². The molecule has 3 heterocycles. The van der Waals surface area contributed by atoms with E-state index >= 15 is 0 Å². The van der Waals surface area contributed by atoms with Gasteiger partial charge in [0.25, 0.3) is 5.91 Å². The maximum Gasteiger partial charge on any atom is 0.272 e. The van der Waals surface area contributed by atoms with Gasteiger partial charge in [0.2, 0.25) is 0 Å². The minimum Gasteiger partial charge on any atom is -0.331 e. The van der Waals surface area contributed by atoms with Crippen LogP contribution in [-0.4, -0.2) is 33.9 Å². The Morgan fingerprint density at radius 3 is 2.56 bits per heavy atom. The van der Waals surface area contributed by atoms with Crippen LogP contribution in [0.25, 0.3) is 0 Å². The van der Waals surface area contributed by atoms with Gasteiger partial charge in [0.1, 0.15) is 5.69 Å². The molecule has 1 amide bonds. The summed E-state index contributed by atoms with van der Waals surface area (Å²) in [6, 6.07) is 4.23. The van der Waals surface area contributed by atoms with Crippen molar-refractivity contribution < 1.29 is 4.79 Å². The predicted octanol–water partition coefficient (Wildman–Crippen LogP) is 1.83. The van der Waals surface area contributed by atoms with E-state index in [4.69, 9.17) is 17.3 Å². The molecule has 2 bridgehead atoms. The molecule has 2 unspecified atom stereocenters. The zero-order valence-electron chi connectivity index (χ0n) is 10.1. The maximum atomic E-state index is 12.5. The van der Waals surface area contributed by atoms with Crippen LogP contribution in [0.15, 0.2) is 18.3 Å². The Hall–Kier alpha value is -1.13. The third kappa shape index (κ3) is 1.99. The molecule has 2 aliphatic heterocycles. The summed E-state index contributed by atoms with van der Waals surface area (Å²) < 4.78 is 0. The SMILES string of the molecule is NC1CC2CCC(C1)N2C(=O)c1ccc(Cl)cn1. The van der Waals surface area contributed by atoms with Crippen LogP contribution in [0.2, 0.25) is 5.02 Å². The Labute approximate surface area is 111 Å². The summed E-state index contributed by atoms with van der Waals surface area (Å²) in [5.74, 6) is 0.0195. The van der Waals surface area contributed by atoms with Gasteiger partial charge in [-0.25, -0.2) is 4.98 Å². The average molecular weight is 266 g/mol. The van der Waals surface area contributed by atoms with Crippen LogP contribution in [-0.2, 0) is 0 Å². The highest BCUT2D eigenvalue weighted by molar-refractivity contribution is 6.30. The summed E-state index contributed by atoms with van der Waals surface area (Å²) in [5.41, 5.74) is 6.48. The van der Waals surface area contributed by atoms with Crippen molar-refractivity contribution >= 4 is 17.5 Å². The van der Waals surface area contributed by atoms with Crippen molar-refractivity contribution in [2.24, 2.45) is 5.73 Å². The molecule has 0 aliphatic carbocycles. The molecule has 2 atom stereocenters. The van der Waals surface area contributed by atoms with Crippen LogP contribution in [0.1, 0.15) is 36.2 Å². The second-order valence-electron chi connectivity index (χ2n) is 5.19. The van der Waals surface area contributed by atoms with E-state index in [1.165, 1.54) is 6.20 Å². The Bertz CT molecular complexity index is 448. The number of rotatable bonds is 1. The zero-order valence-corrected chi connectivity index (χ0v) is 10.8. The first-order valence-corrected chi connectivity index (χ1v) is 6.73. The number of aromatic nitrogens is 1. The lowest BCUT2D eigenvalue weighted by molar-refractivity contribution is 0.0569. The van der Waals surface area contributed by atoms with Gasteiger partial charge in [0.05, 0.1) is 5.02 Å². The largest absolute Gasteiger partial charge is 0.331 e. The van der Waals surface area contributed by atoms with Gasteiger partial charge in [-0.3, -0.25) is 4.79 Å². The Balaban J connectivity index is 1.83. The number of fused-ring (bicyclic) bond motifs is 2. The molecule has 0 aromatic carbocycles. The zero-order chi connectivity index (χ0) is 12.7. The number of carbonyl (C=O) groups is 1. The average Bonchev–Trinajstić information content (AvgIpc) is 2.62. The molecule has 0 radical (unpaired) electrons. The number of halogens is 1. The van der Waals surface area contributed by atoms with Gasteiger partial charge in [-0.05, 0) is 37.8 Å². The third-order valence-electron chi connectivity index (χ3n) is 3.95. The molecule has 0 spiro atoms. The minimum absolute atomic E-state index is 0.0195. The number of hydrogen-bond acceptors (Lipinski definition) is 3. The van der Waals surface area contributed by atoms with E-state index in [9.17, 15) is 4.79 Å². The fourth-order valence-corrected chi connectivity index (χ4v) is 3.30. The van der Waals surface area contributed by atoms with E-state index in [1.54, 1.807) is 12.1 Å². The molecule has 3 rings (SSSR count). The summed E-state index contributed by atoms with van der Waals surface area (Å²) >= 11 is 5.79. The molecule has 2 fully saturated rings. The van der Waals surface area contributed by atoms with E-state index in [2.05, 4.69) is 4.98 Å². The molecule has 2 saturated heterocycles. The fourth-order valence-electron chi connectivity index (χ4n) is 3.19.